The van der Waals surface area contributed by atoms with E-state index in [1.807, 2.05) is 13.8 Å². The summed E-state index contributed by atoms with van der Waals surface area (Å²) in [6.45, 7) is 5.05. The van der Waals surface area contributed by atoms with Gasteiger partial charge >= 0.3 is 6.03 Å². The predicted molar refractivity (Wildman–Crippen MR) is 84.8 cm³/mol. The molecule has 0 aromatic heterocycles. The minimum atomic E-state index is -0.742. The Morgan fingerprint density at radius 3 is 2.59 bits per heavy atom. The Kier molecular flexibility index (Phi) is 6.62. The highest BCUT2D eigenvalue weighted by atomic mass is 35.5. The van der Waals surface area contributed by atoms with Gasteiger partial charge in [0.2, 0.25) is 5.91 Å². The summed E-state index contributed by atoms with van der Waals surface area (Å²) in [6, 6.07) is -0.292. The van der Waals surface area contributed by atoms with Gasteiger partial charge in [-0.15, -0.1) is 12.4 Å². The third-order valence-corrected chi connectivity index (χ3v) is 4.16. The molecule has 1 atom stereocenters. The molecule has 3 N–H and O–H groups in total. The zero-order chi connectivity index (χ0) is 15.5. The smallest absolute Gasteiger partial charge is 0.325 e. The van der Waals surface area contributed by atoms with Crippen LogP contribution in [0.2, 0.25) is 0 Å². The van der Waals surface area contributed by atoms with Gasteiger partial charge in [0.05, 0.1) is 0 Å². The zero-order valence-corrected chi connectivity index (χ0v) is 13.9. The largest absolute Gasteiger partial charge is 0.353 e. The molecule has 126 valence electrons. The number of urea groups is 1. The van der Waals surface area contributed by atoms with Crippen LogP contribution in [0.25, 0.3) is 0 Å². The third kappa shape index (κ3) is 3.89. The van der Waals surface area contributed by atoms with E-state index in [-0.39, 0.29) is 36.8 Å². The van der Waals surface area contributed by atoms with Crippen molar-refractivity contribution < 1.29 is 14.4 Å². The highest BCUT2D eigenvalue weighted by molar-refractivity contribution is 6.09. The van der Waals surface area contributed by atoms with Crippen molar-refractivity contribution >= 4 is 30.3 Å². The van der Waals surface area contributed by atoms with Gasteiger partial charge in [0.25, 0.3) is 5.91 Å². The lowest BCUT2D eigenvalue weighted by Gasteiger charge is -2.20. The number of nitrogens with zero attached hydrogens (tertiary/aromatic N) is 1. The Morgan fingerprint density at radius 1 is 1.36 bits per heavy atom. The quantitative estimate of drug-likeness (QED) is 0.614. The number of halogens is 1. The molecule has 2 rings (SSSR count). The normalized spacial score (nSPS) is 20.7. The van der Waals surface area contributed by atoms with Crippen LogP contribution in [0.4, 0.5) is 4.79 Å². The van der Waals surface area contributed by atoms with Gasteiger partial charge in [0.1, 0.15) is 12.1 Å². The Bertz CT molecular complexity index is 438. The molecule has 7 nitrogen and oxygen atoms in total. The fraction of sp³-hybridized carbons (Fsp3) is 0.786. The molecular weight excluding hydrogens is 308 g/mol. The van der Waals surface area contributed by atoms with Gasteiger partial charge in [-0.2, -0.15) is 0 Å². The molecule has 0 bridgehead atoms. The highest BCUT2D eigenvalue weighted by Crippen LogP contribution is 2.34. The molecular formula is C14H25ClN4O3. The number of carbonyl (C=O) groups is 3. The second-order valence-corrected chi connectivity index (χ2v) is 5.87. The molecule has 1 heterocycles. The second kappa shape index (κ2) is 7.78. The Hall–Kier alpha value is -1.34. The number of amides is 4. The van der Waals surface area contributed by atoms with Crippen molar-refractivity contribution in [1.29, 1.82) is 0 Å². The number of rotatable bonds is 6. The molecule has 1 aliphatic heterocycles. The lowest BCUT2D eigenvalue weighted by Crippen LogP contribution is -2.46. The maximum atomic E-state index is 12.4. The van der Waals surface area contributed by atoms with E-state index in [1.54, 1.807) is 0 Å². The molecule has 1 spiro atoms. The summed E-state index contributed by atoms with van der Waals surface area (Å²) in [5, 5.41) is 8.68. The van der Waals surface area contributed by atoms with E-state index in [0.717, 1.165) is 24.3 Å². The zero-order valence-electron chi connectivity index (χ0n) is 13.1. The number of carbonyl (C=O) groups excluding carboxylic acids is 3. The van der Waals surface area contributed by atoms with Gasteiger partial charge in [-0.05, 0) is 26.3 Å². The Balaban J connectivity index is 0.00000242. The van der Waals surface area contributed by atoms with Crippen LogP contribution >= 0.6 is 12.4 Å². The van der Waals surface area contributed by atoms with E-state index < -0.39 is 11.6 Å². The van der Waals surface area contributed by atoms with E-state index in [4.69, 9.17) is 0 Å². The molecule has 2 fully saturated rings. The number of likely N-dealkylation sites (N-methyl/N-ethyl adjacent to an activating group) is 1. The van der Waals surface area contributed by atoms with E-state index >= 15 is 0 Å². The number of nitrogens with one attached hydrogen (secondary N) is 3. The average molecular weight is 333 g/mol. The summed E-state index contributed by atoms with van der Waals surface area (Å²) >= 11 is 0. The first-order chi connectivity index (χ1) is 9.98. The molecule has 1 saturated carbocycles. The van der Waals surface area contributed by atoms with E-state index in [1.165, 1.54) is 0 Å². The van der Waals surface area contributed by atoms with Crippen LogP contribution in [0.5, 0.6) is 0 Å². The van der Waals surface area contributed by atoms with Gasteiger partial charge in [-0.1, -0.05) is 19.8 Å². The molecule has 8 heteroatoms. The van der Waals surface area contributed by atoms with Gasteiger partial charge in [0, 0.05) is 12.6 Å². The van der Waals surface area contributed by atoms with Crippen LogP contribution in [-0.2, 0) is 9.59 Å². The molecule has 0 aromatic rings. The Labute approximate surface area is 137 Å². The molecule has 22 heavy (non-hydrogen) atoms. The summed E-state index contributed by atoms with van der Waals surface area (Å²) in [7, 11) is 0. The number of hydrogen-bond donors (Lipinski definition) is 3. The first-order valence-corrected chi connectivity index (χ1v) is 7.62. The fourth-order valence-corrected chi connectivity index (χ4v) is 3.02. The van der Waals surface area contributed by atoms with Crippen LogP contribution in [0.1, 0.15) is 39.5 Å². The molecule has 2 aliphatic rings. The minimum Gasteiger partial charge on any atom is -0.353 e. The molecule has 0 aromatic carbocycles. The summed E-state index contributed by atoms with van der Waals surface area (Å²) in [6.07, 6.45) is 3.22. The van der Waals surface area contributed by atoms with Crippen LogP contribution < -0.4 is 16.0 Å². The van der Waals surface area contributed by atoms with Gasteiger partial charge in [0.15, 0.2) is 0 Å². The van der Waals surface area contributed by atoms with Crippen LogP contribution in [-0.4, -0.2) is 54.0 Å². The van der Waals surface area contributed by atoms with Crippen molar-refractivity contribution in [2.24, 2.45) is 0 Å². The summed E-state index contributed by atoms with van der Waals surface area (Å²) in [5.74, 6) is -0.557. The molecule has 4 amide bonds. The lowest BCUT2D eigenvalue weighted by atomic mass is 9.98. The monoisotopic (exact) mass is 332 g/mol. The predicted octanol–water partition coefficient (Wildman–Crippen LogP) is 0.387. The van der Waals surface area contributed by atoms with Crippen LogP contribution in [0.15, 0.2) is 0 Å². The lowest BCUT2D eigenvalue weighted by molar-refractivity contribution is -0.134. The average Bonchev–Trinajstić information content (AvgIpc) is 2.99. The van der Waals surface area contributed by atoms with Gasteiger partial charge in [-0.3, -0.25) is 14.5 Å². The third-order valence-electron chi connectivity index (χ3n) is 4.16. The Morgan fingerprint density at radius 2 is 2.00 bits per heavy atom. The van der Waals surface area contributed by atoms with Crippen LogP contribution in [0, 0.1) is 0 Å². The maximum Gasteiger partial charge on any atom is 0.325 e. The fourth-order valence-electron chi connectivity index (χ4n) is 3.02. The van der Waals surface area contributed by atoms with Gasteiger partial charge in [-0.25, -0.2) is 4.79 Å². The van der Waals surface area contributed by atoms with Crippen molar-refractivity contribution in [3.63, 3.8) is 0 Å². The first-order valence-electron chi connectivity index (χ1n) is 7.62. The molecule has 0 radical (unpaired) electrons. The highest BCUT2D eigenvalue weighted by Gasteiger charge is 2.52. The van der Waals surface area contributed by atoms with Crippen LogP contribution in [0.3, 0.4) is 0 Å². The number of imide groups is 1. The van der Waals surface area contributed by atoms with Crippen molar-refractivity contribution in [2.45, 2.75) is 51.1 Å². The SMILES string of the molecule is CCN[C@H](C)CNC(=O)CN1C(=O)NC2(CCCC2)C1=O.Cl. The topological polar surface area (TPSA) is 90.5 Å². The van der Waals surface area contributed by atoms with Crippen molar-refractivity contribution in [1.82, 2.24) is 20.9 Å². The van der Waals surface area contributed by atoms with Crippen molar-refractivity contribution in [3.05, 3.63) is 0 Å². The number of hydrogen-bond acceptors (Lipinski definition) is 4. The second-order valence-electron chi connectivity index (χ2n) is 5.87. The standard InChI is InChI=1S/C14H24N4O3.ClH/c1-3-15-10(2)8-16-11(19)9-18-12(20)14(17-13(18)21)6-4-5-7-14;/h10,15H,3-9H2,1-2H3,(H,16,19)(H,17,21);1H/t10-;/m1./s1. The van der Waals surface area contributed by atoms with E-state index in [9.17, 15) is 14.4 Å². The molecule has 1 saturated heterocycles. The van der Waals surface area contributed by atoms with E-state index in [0.29, 0.717) is 19.4 Å². The van der Waals surface area contributed by atoms with Crippen molar-refractivity contribution in [3.8, 4) is 0 Å². The van der Waals surface area contributed by atoms with Gasteiger partial charge < -0.3 is 16.0 Å². The summed E-state index contributed by atoms with van der Waals surface area (Å²) in [5.41, 5.74) is -0.742. The maximum absolute atomic E-state index is 12.4. The molecule has 1 aliphatic carbocycles. The molecule has 0 unspecified atom stereocenters. The summed E-state index contributed by atoms with van der Waals surface area (Å²) in [4.78, 5) is 37.2. The summed E-state index contributed by atoms with van der Waals surface area (Å²) < 4.78 is 0. The van der Waals surface area contributed by atoms with Crippen molar-refractivity contribution in [2.75, 3.05) is 19.6 Å². The first kappa shape index (κ1) is 18.7. The van der Waals surface area contributed by atoms with E-state index in [2.05, 4.69) is 16.0 Å². The minimum absolute atomic E-state index is 0.